The van der Waals surface area contributed by atoms with Crippen LogP contribution < -0.4 is 10.2 Å². The molecule has 1 aliphatic heterocycles. The van der Waals surface area contributed by atoms with Crippen LogP contribution in [0, 0.1) is 17.7 Å². The summed E-state index contributed by atoms with van der Waals surface area (Å²) in [6.45, 7) is 8.69. The van der Waals surface area contributed by atoms with Crippen molar-refractivity contribution in [2.45, 2.75) is 70.9 Å². The molecule has 0 unspecified atom stereocenters. The van der Waals surface area contributed by atoms with E-state index in [1.165, 1.54) is 0 Å². The lowest BCUT2D eigenvalue weighted by Gasteiger charge is -2.32. The topological polar surface area (TPSA) is 66.9 Å². The first-order chi connectivity index (χ1) is 17.2. The zero-order valence-electron chi connectivity index (χ0n) is 21.2. The number of aromatic nitrogens is 1. The lowest BCUT2D eigenvalue weighted by molar-refractivity contribution is -0.145. The molecule has 1 aromatic heterocycles. The number of fused-ring (bicyclic) bond motifs is 3. The van der Waals surface area contributed by atoms with E-state index >= 15 is 0 Å². The maximum absolute atomic E-state index is 14.8. The smallest absolute Gasteiger partial charge is 0.473 e. The quantitative estimate of drug-likeness (QED) is 0.316. The van der Waals surface area contributed by atoms with Gasteiger partial charge in [0, 0.05) is 23.7 Å². The fourth-order valence-corrected chi connectivity index (χ4v) is 5.22. The van der Waals surface area contributed by atoms with Crippen molar-refractivity contribution < 1.29 is 41.1 Å². The Morgan fingerprint density at radius 3 is 2.46 bits per heavy atom. The Labute approximate surface area is 212 Å². The lowest BCUT2D eigenvalue weighted by atomic mass is 9.75. The van der Waals surface area contributed by atoms with Gasteiger partial charge in [-0.2, -0.15) is 13.2 Å². The highest BCUT2D eigenvalue weighted by Crippen LogP contribution is 2.61. The zero-order valence-corrected chi connectivity index (χ0v) is 21.2. The predicted molar refractivity (Wildman–Crippen MR) is 126 cm³/mol. The van der Waals surface area contributed by atoms with Crippen molar-refractivity contribution in [1.82, 2.24) is 4.98 Å². The molecule has 0 amide bonds. The molecule has 2 aliphatic carbocycles. The molecule has 2 fully saturated rings. The average molecular weight is 521 g/mol. The number of carbonyl (C=O) groups is 1. The molecule has 11 heteroatoms. The number of benzene rings is 1. The predicted octanol–water partition coefficient (Wildman–Crippen LogP) is 4.57. The third-order valence-corrected chi connectivity index (χ3v) is 7.95. The van der Waals surface area contributed by atoms with Gasteiger partial charge in [-0.05, 0) is 69.6 Å². The van der Waals surface area contributed by atoms with E-state index in [-0.39, 0.29) is 47.2 Å². The minimum Gasteiger partial charge on any atom is -0.473 e. The highest BCUT2D eigenvalue weighted by Gasteiger charge is 2.60. The summed E-state index contributed by atoms with van der Waals surface area (Å²) in [6, 6.07) is 3.28. The molecule has 1 aromatic carbocycles. The highest BCUT2D eigenvalue weighted by molar-refractivity contribution is 6.62. The van der Waals surface area contributed by atoms with E-state index in [0.29, 0.717) is 19.1 Å². The molecule has 37 heavy (non-hydrogen) atoms. The van der Waals surface area contributed by atoms with Gasteiger partial charge in [-0.1, -0.05) is 6.07 Å². The summed E-state index contributed by atoms with van der Waals surface area (Å²) < 4.78 is 78.6. The van der Waals surface area contributed by atoms with Gasteiger partial charge in [-0.3, -0.25) is 4.79 Å². The fourth-order valence-electron chi connectivity index (χ4n) is 5.22. The van der Waals surface area contributed by atoms with Gasteiger partial charge < -0.3 is 18.8 Å². The first-order valence-electron chi connectivity index (χ1n) is 12.3. The molecule has 0 N–H and O–H groups in total. The Morgan fingerprint density at radius 2 is 1.84 bits per heavy atom. The monoisotopic (exact) mass is 521 g/mol. The standard InChI is InChI=1S/C26H28BF4NO5/c1-6-34-23(33)22-15-7-13-9-20(32-11-16(13)21(15)22)35-12-14-8-18(17(10-19(14)28)26(29,30)31)27-36-24(2,3)25(4,5)37-27/h8-11,15,21-22H,6-7,12H2,1-5H3/t15-,21-,22+/m1/s1. The van der Waals surface area contributed by atoms with Crippen LogP contribution in [0.25, 0.3) is 0 Å². The Morgan fingerprint density at radius 1 is 1.16 bits per heavy atom. The van der Waals surface area contributed by atoms with Crippen molar-refractivity contribution in [1.29, 1.82) is 0 Å². The van der Waals surface area contributed by atoms with Gasteiger partial charge in [0.25, 0.3) is 0 Å². The number of rotatable bonds is 6. The first-order valence-corrected chi connectivity index (χ1v) is 12.3. The van der Waals surface area contributed by atoms with Gasteiger partial charge in [-0.25, -0.2) is 9.37 Å². The molecular formula is C26H28BF4NO5. The van der Waals surface area contributed by atoms with Gasteiger partial charge in [0.1, 0.15) is 12.4 Å². The van der Waals surface area contributed by atoms with E-state index in [1.54, 1.807) is 46.9 Å². The second kappa shape index (κ2) is 8.69. The number of nitrogens with zero attached hydrogens (tertiary/aromatic N) is 1. The molecule has 0 spiro atoms. The second-order valence-corrected chi connectivity index (χ2v) is 10.8. The van der Waals surface area contributed by atoms with E-state index in [9.17, 15) is 22.4 Å². The number of ether oxygens (including phenoxy) is 2. The summed E-state index contributed by atoms with van der Waals surface area (Å²) >= 11 is 0. The molecule has 6 nitrogen and oxygen atoms in total. The fraction of sp³-hybridized carbons (Fsp3) is 0.538. The zero-order chi connectivity index (χ0) is 26.9. The maximum atomic E-state index is 14.8. The summed E-state index contributed by atoms with van der Waals surface area (Å²) in [5, 5.41) is 0. The van der Waals surface area contributed by atoms with Crippen molar-refractivity contribution in [2.75, 3.05) is 6.61 Å². The van der Waals surface area contributed by atoms with Gasteiger partial charge in [0.15, 0.2) is 0 Å². The first kappa shape index (κ1) is 26.0. The summed E-state index contributed by atoms with van der Waals surface area (Å²) in [4.78, 5) is 16.4. The number of alkyl halides is 3. The summed E-state index contributed by atoms with van der Waals surface area (Å²) in [5.41, 5.74) is -1.31. The van der Waals surface area contributed by atoms with E-state index in [0.717, 1.165) is 17.2 Å². The second-order valence-electron chi connectivity index (χ2n) is 10.8. The van der Waals surface area contributed by atoms with Crippen molar-refractivity contribution in [3.8, 4) is 5.88 Å². The minimum absolute atomic E-state index is 0.0785. The molecule has 3 atom stereocenters. The Kier molecular flexibility index (Phi) is 6.10. The van der Waals surface area contributed by atoms with Crippen molar-refractivity contribution in [3.63, 3.8) is 0 Å². The van der Waals surface area contributed by atoms with Crippen LogP contribution in [-0.4, -0.2) is 35.9 Å². The van der Waals surface area contributed by atoms with Gasteiger partial charge in [-0.15, -0.1) is 0 Å². The van der Waals surface area contributed by atoms with E-state index in [1.807, 2.05) is 0 Å². The number of hydrogen-bond donors (Lipinski definition) is 0. The number of hydrogen-bond acceptors (Lipinski definition) is 6. The summed E-state index contributed by atoms with van der Waals surface area (Å²) in [6.07, 6.45) is -2.47. The van der Waals surface area contributed by atoms with Crippen LogP contribution >= 0.6 is 0 Å². The molecule has 5 rings (SSSR count). The van der Waals surface area contributed by atoms with Crippen LogP contribution in [-0.2, 0) is 38.0 Å². The maximum Gasteiger partial charge on any atom is 0.495 e. The Balaban J connectivity index is 1.35. The molecule has 3 aliphatic rings. The third kappa shape index (κ3) is 4.50. The number of carbonyl (C=O) groups excluding carboxylic acids is 1. The van der Waals surface area contributed by atoms with Crippen LogP contribution in [0.4, 0.5) is 17.6 Å². The molecule has 0 radical (unpaired) electrons. The molecule has 0 bridgehead atoms. The molecular weight excluding hydrogens is 493 g/mol. The Hall–Kier alpha value is -2.66. The largest absolute Gasteiger partial charge is 0.495 e. The normalized spacial score (nSPS) is 25.0. The minimum atomic E-state index is -4.80. The summed E-state index contributed by atoms with van der Waals surface area (Å²) in [5.74, 6) is -0.891. The Bertz CT molecular complexity index is 1230. The van der Waals surface area contributed by atoms with Gasteiger partial charge in [0.2, 0.25) is 5.88 Å². The van der Waals surface area contributed by atoms with Crippen LogP contribution in [0.15, 0.2) is 24.4 Å². The van der Waals surface area contributed by atoms with Crippen LogP contribution in [0.2, 0.25) is 0 Å². The number of esters is 1. The molecule has 2 heterocycles. The van der Waals surface area contributed by atoms with Gasteiger partial charge >= 0.3 is 19.3 Å². The number of pyridine rings is 1. The van der Waals surface area contributed by atoms with Crippen LogP contribution in [0.1, 0.15) is 62.8 Å². The average Bonchev–Trinajstić information content (AvgIpc) is 3.30. The van der Waals surface area contributed by atoms with Crippen LogP contribution in [0.5, 0.6) is 5.88 Å². The van der Waals surface area contributed by atoms with E-state index in [4.69, 9.17) is 18.8 Å². The van der Waals surface area contributed by atoms with Gasteiger partial charge in [0.05, 0.1) is 29.3 Å². The number of halogens is 4. The SMILES string of the molecule is CCOC(=O)[C@H]1[C@@H]2Cc3cc(OCc4cc(B5OC(C)(C)C(C)(C)O5)c(C(F)(F)F)cc4F)ncc3[C@@H]21. The molecule has 198 valence electrons. The molecule has 1 saturated carbocycles. The lowest BCUT2D eigenvalue weighted by Crippen LogP contribution is -2.41. The van der Waals surface area contributed by atoms with Crippen LogP contribution in [0.3, 0.4) is 0 Å². The summed E-state index contributed by atoms with van der Waals surface area (Å²) in [7, 11) is -1.32. The molecule has 1 saturated heterocycles. The highest BCUT2D eigenvalue weighted by atomic mass is 19.4. The van der Waals surface area contributed by atoms with Crippen molar-refractivity contribution in [3.05, 3.63) is 52.5 Å². The van der Waals surface area contributed by atoms with E-state index < -0.39 is 35.9 Å². The molecule has 2 aromatic rings. The van der Waals surface area contributed by atoms with Crippen molar-refractivity contribution in [2.24, 2.45) is 11.8 Å². The third-order valence-electron chi connectivity index (χ3n) is 7.95. The van der Waals surface area contributed by atoms with E-state index in [2.05, 4.69) is 4.98 Å². The van der Waals surface area contributed by atoms with Crippen molar-refractivity contribution >= 4 is 18.6 Å².